The van der Waals surface area contributed by atoms with Gasteiger partial charge in [-0.15, -0.1) is 0 Å². The summed E-state index contributed by atoms with van der Waals surface area (Å²) in [6, 6.07) is 6.32. The molecule has 1 saturated heterocycles. The number of nitrogens with one attached hydrogen (secondary N) is 1. The highest BCUT2D eigenvalue weighted by atomic mass is 16.2. The molecule has 136 valence electrons. The summed E-state index contributed by atoms with van der Waals surface area (Å²) < 4.78 is 0. The summed E-state index contributed by atoms with van der Waals surface area (Å²) in [5, 5.41) is 2.90. The monoisotopic (exact) mass is 342 g/mol. The van der Waals surface area contributed by atoms with E-state index in [0.717, 1.165) is 24.8 Å². The van der Waals surface area contributed by atoms with Crippen LogP contribution in [-0.2, 0) is 22.4 Å². The largest absolute Gasteiger partial charge is 0.341 e. The average molecular weight is 342 g/mol. The zero-order chi connectivity index (χ0) is 18.0. The predicted octanol–water partition coefficient (Wildman–Crippen LogP) is 3.25. The minimum absolute atomic E-state index is 0.150. The fourth-order valence-corrected chi connectivity index (χ4v) is 4.34. The number of carbonyl (C=O) groups excluding carboxylic acids is 2. The zero-order valence-electron chi connectivity index (χ0n) is 15.7. The molecule has 1 aromatic rings. The normalized spacial score (nSPS) is 24.4. The van der Waals surface area contributed by atoms with Crippen LogP contribution in [0.5, 0.6) is 0 Å². The van der Waals surface area contributed by atoms with E-state index in [2.05, 4.69) is 37.4 Å². The molecule has 3 unspecified atom stereocenters. The first-order chi connectivity index (χ1) is 11.9. The summed E-state index contributed by atoms with van der Waals surface area (Å²) >= 11 is 0. The number of aryl methyl sites for hydroxylation is 2. The van der Waals surface area contributed by atoms with E-state index in [1.54, 1.807) is 4.90 Å². The fourth-order valence-electron chi connectivity index (χ4n) is 4.34. The molecular formula is C21H30N2O2. The molecule has 1 heterocycles. The first-order valence-electron chi connectivity index (χ1n) is 9.65. The van der Waals surface area contributed by atoms with E-state index in [4.69, 9.17) is 0 Å². The predicted molar refractivity (Wildman–Crippen MR) is 99.2 cm³/mol. The van der Waals surface area contributed by atoms with Gasteiger partial charge in [-0.25, -0.2) is 0 Å². The van der Waals surface area contributed by atoms with Crippen LogP contribution >= 0.6 is 0 Å². The maximum Gasteiger partial charge on any atom is 0.311 e. The topological polar surface area (TPSA) is 49.4 Å². The third-order valence-electron chi connectivity index (χ3n) is 5.57. The Morgan fingerprint density at radius 1 is 1.08 bits per heavy atom. The van der Waals surface area contributed by atoms with E-state index in [0.29, 0.717) is 24.9 Å². The summed E-state index contributed by atoms with van der Waals surface area (Å²) in [7, 11) is 0. The van der Waals surface area contributed by atoms with Crippen molar-refractivity contribution < 1.29 is 9.59 Å². The molecule has 0 aromatic heterocycles. The van der Waals surface area contributed by atoms with Crippen molar-refractivity contribution in [3.8, 4) is 0 Å². The van der Waals surface area contributed by atoms with Gasteiger partial charge in [0.15, 0.2) is 0 Å². The highest BCUT2D eigenvalue weighted by Crippen LogP contribution is 2.25. The molecule has 0 radical (unpaired) electrons. The van der Waals surface area contributed by atoms with Crippen molar-refractivity contribution in [3.05, 3.63) is 34.9 Å². The summed E-state index contributed by atoms with van der Waals surface area (Å²) in [6.07, 6.45) is 5.89. The quantitative estimate of drug-likeness (QED) is 0.839. The van der Waals surface area contributed by atoms with Gasteiger partial charge >= 0.3 is 11.8 Å². The molecule has 25 heavy (non-hydrogen) atoms. The van der Waals surface area contributed by atoms with Crippen LogP contribution in [0.15, 0.2) is 18.2 Å². The molecule has 1 aromatic carbocycles. The van der Waals surface area contributed by atoms with Gasteiger partial charge in [-0.3, -0.25) is 9.59 Å². The van der Waals surface area contributed by atoms with E-state index >= 15 is 0 Å². The molecule has 0 saturated carbocycles. The second-order valence-electron chi connectivity index (χ2n) is 8.09. The Labute approximate surface area is 151 Å². The minimum atomic E-state index is -0.480. The SMILES string of the molecule is CC1CC(C)CN(C(=O)C(=O)NC(C)c2ccc3c(c2)CCCC3)C1. The zero-order valence-corrected chi connectivity index (χ0v) is 15.7. The van der Waals surface area contributed by atoms with Gasteiger partial charge in [0.25, 0.3) is 0 Å². The third kappa shape index (κ3) is 4.23. The Balaban J connectivity index is 1.63. The van der Waals surface area contributed by atoms with Crippen molar-refractivity contribution in [2.75, 3.05) is 13.1 Å². The van der Waals surface area contributed by atoms with Crippen LogP contribution in [0.3, 0.4) is 0 Å². The lowest BCUT2D eigenvalue weighted by Gasteiger charge is -2.34. The number of hydrogen-bond donors (Lipinski definition) is 1. The Hall–Kier alpha value is -1.84. The summed E-state index contributed by atoms with van der Waals surface area (Å²) in [4.78, 5) is 26.6. The number of hydrogen-bond acceptors (Lipinski definition) is 2. The van der Waals surface area contributed by atoms with Crippen LogP contribution in [0.2, 0.25) is 0 Å². The van der Waals surface area contributed by atoms with Crippen LogP contribution in [0.4, 0.5) is 0 Å². The maximum atomic E-state index is 12.5. The number of carbonyl (C=O) groups is 2. The average Bonchev–Trinajstić information content (AvgIpc) is 2.59. The van der Waals surface area contributed by atoms with Crippen molar-refractivity contribution in [1.82, 2.24) is 10.2 Å². The van der Waals surface area contributed by atoms with Crippen molar-refractivity contribution >= 4 is 11.8 Å². The molecule has 3 rings (SSSR count). The van der Waals surface area contributed by atoms with Gasteiger partial charge < -0.3 is 10.2 Å². The first kappa shape index (κ1) is 18.0. The number of rotatable bonds is 2. The third-order valence-corrected chi connectivity index (χ3v) is 5.57. The molecule has 1 fully saturated rings. The summed E-state index contributed by atoms with van der Waals surface area (Å²) in [5.74, 6) is 0.0480. The molecule has 4 heteroatoms. The van der Waals surface area contributed by atoms with Crippen LogP contribution in [0.1, 0.15) is 62.8 Å². The molecular weight excluding hydrogens is 312 g/mol. The van der Waals surface area contributed by atoms with E-state index in [1.807, 2.05) is 6.92 Å². The Bertz CT molecular complexity index is 645. The smallest absolute Gasteiger partial charge is 0.311 e. The van der Waals surface area contributed by atoms with E-state index in [1.165, 1.54) is 24.0 Å². The van der Waals surface area contributed by atoms with Crippen molar-refractivity contribution in [3.63, 3.8) is 0 Å². The number of likely N-dealkylation sites (tertiary alicyclic amines) is 1. The van der Waals surface area contributed by atoms with Crippen LogP contribution in [-0.4, -0.2) is 29.8 Å². The lowest BCUT2D eigenvalue weighted by Crippen LogP contribution is -2.49. The van der Waals surface area contributed by atoms with Crippen molar-refractivity contribution in [2.24, 2.45) is 11.8 Å². The second kappa shape index (κ2) is 7.59. The number of piperidine rings is 1. The van der Waals surface area contributed by atoms with Gasteiger partial charge in [-0.2, -0.15) is 0 Å². The number of benzene rings is 1. The maximum absolute atomic E-state index is 12.5. The van der Waals surface area contributed by atoms with E-state index < -0.39 is 5.91 Å². The van der Waals surface area contributed by atoms with Gasteiger partial charge in [-0.05, 0) is 67.6 Å². The van der Waals surface area contributed by atoms with Crippen molar-refractivity contribution in [2.45, 2.75) is 58.9 Å². The standard InChI is InChI=1S/C21H30N2O2/c1-14-10-15(2)13-23(12-14)21(25)20(24)22-16(3)18-9-8-17-6-4-5-7-19(17)11-18/h8-9,11,14-16H,4-7,10,12-13H2,1-3H3,(H,22,24). The van der Waals surface area contributed by atoms with Gasteiger partial charge in [0.2, 0.25) is 0 Å². The lowest BCUT2D eigenvalue weighted by atomic mass is 9.89. The molecule has 2 aliphatic rings. The van der Waals surface area contributed by atoms with Gasteiger partial charge in [0.05, 0.1) is 6.04 Å². The molecule has 1 aliphatic carbocycles. The Morgan fingerprint density at radius 2 is 1.72 bits per heavy atom. The van der Waals surface area contributed by atoms with E-state index in [-0.39, 0.29) is 11.9 Å². The van der Waals surface area contributed by atoms with Crippen LogP contribution in [0, 0.1) is 11.8 Å². The lowest BCUT2D eigenvalue weighted by molar-refractivity contribution is -0.147. The van der Waals surface area contributed by atoms with Gasteiger partial charge in [0, 0.05) is 13.1 Å². The number of amides is 2. The summed E-state index contributed by atoms with van der Waals surface area (Å²) in [5.41, 5.74) is 3.91. The second-order valence-corrected chi connectivity index (χ2v) is 8.09. The number of fused-ring (bicyclic) bond motifs is 1. The molecule has 0 spiro atoms. The highest BCUT2D eigenvalue weighted by Gasteiger charge is 2.29. The molecule has 2 amide bonds. The molecule has 0 bridgehead atoms. The molecule has 3 atom stereocenters. The summed E-state index contributed by atoms with van der Waals surface area (Å²) in [6.45, 7) is 7.61. The molecule has 1 N–H and O–H groups in total. The van der Waals surface area contributed by atoms with Crippen LogP contribution in [0.25, 0.3) is 0 Å². The molecule has 1 aliphatic heterocycles. The van der Waals surface area contributed by atoms with Crippen LogP contribution < -0.4 is 5.32 Å². The van der Waals surface area contributed by atoms with E-state index in [9.17, 15) is 9.59 Å². The van der Waals surface area contributed by atoms with Gasteiger partial charge in [-0.1, -0.05) is 32.0 Å². The molecule has 4 nitrogen and oxygen atoms in total. The minimum Gasteiger partial charge on any atom is -0.341 e. The Kier molecular flexibility index (Phi) is 5.45. The Morgan fingerprint density at radius 3 is 2.40 bits per heavy atom. The van der Waals surface area contributed by atoms with Crippen molar-refractivity contribution in [1.29, 1.82) is 0 Å². The highest BCUT2D eigenvalue weighted by molar-refractivity contribution is 6.35. The first-order valence-corrected chi connectivity index (χ1v) is 9.65. The van der Waals surface area contributed by atoms with Gasteiger partial charge in [0.1, 0.15) is 0 Å². The fraction of sp³-hybridized carbons (Fsp3) is 0.619. The number of nitrogens with zero attached hydrogens (tertiary/aromatic N) is 1.